The predicted molar refractivity (Wildman–Crippen MR) is 71.9 cm³/mol. The number of benzene rings is 1. The molecule has 0 aromatic heterocycles. The highest BCUT2D eigenvalue weighted by molar-refractivity contribution is 9.10. The lowest BCUT2D eigenvalue weighted by Crippen LogP contribution is -2.38. The highest BCUT2D eigenvalue weighted by atomic mass is 79.9. The summed E-state index contributed by atoms with van der Waals surface area (Å²) < 4.78 is 14.1. The molecule has 1 atom stereocenters. The van der Waals surface area contributed by atoms with Crippen LogP contribution in [0.15, 0.2) is 22.7 Å². The van der Waals surface area contributed by atoms with E-state index in [1.807, 2.05) is 0 Å². The first kappa shape index (κ1) is 14.0. The molecular formula is C13H14BrFN2O2. The van der Waals surface area contributed by atoms with E-state index in [-0.39, 0.29) is 12.1 Å². The van der Waals surface area contributed by atoms with Gasteiger partial charge in [0, 0.05) is 17.6 Å². The number of rotatable bonds is 2. The van der Waals surface area contributed by atoms with Crippen molar-refractivity contribution in [1.29, 1.82) is 0 Å². The summed E-state index contributed by atoms with van der Waals surface area (Å²) in [4.78, 5) is 25.1. The summed E-state index contributed by atoms with van der Waals surface area (Å²) in [5.41, 5.74) is 4.60. The van der Waals surface area contributed by atoms with E-state index in [0.717, 1.165) is 0 Å². The minimum absolute atomic E-state index is 0.00350. The van der Waals surface area contributed by atoms with Crippen molar-refractivity contribution in [3.63, 3.8) is 0 Å². The van der Waals surface area contributed by atoms with E-state index in [9.17, 15) is 14.0 Å². The predicted octanol–water partition coefficient (Wildman–Crippen LogP) is 1.93. The Kier molecular flexibility index (Phi) is 3.62. The van der Waals surface area contributed by atoms with Gasteiger partial charge in [0.15, 0.2) is 0 Å². The molecule has 2 amide bonds. The molecule has 0 saturated carbocycles. The molecule has 1 aliphatic heterocycles. The van der Waals surface area contributed by atoms with E-state index in [1.54, 1.807) is 13.0 Å². The summed E-state index contributed by atoms with van der Waals surface area (Å²) in [5.74, 6) is -1.43. The van der Waals surface area contributed by atoms with Gasteiger partial charge in [0.25, 0.3) is 5.91 Å². The fourth-order valence-corrected chi connectivity index (χ4v) is 2.71. The number of halogens is 2. The van der Waals surface area contributed by atoms with Gasteiger partial charge in [-0.05, 0) is 41.4 Å². The second-order valence-corrected chi connectivity index (χ2v) is 5.85. The molecule has 1 heterocycles. The van der Waals surface area contributed by atoms with Crippen LogP contribution in [0.2, 0.25) is 0 Å². The van der Waals surface area contributed by atoms with Gasteiger partial charge in [-0.1, -0.05) is 6.07 Å². The number of nitrogens with two attached hydrogens (primary N) is 1. The molecule has 1 aliphatic rings. The van der Waals surface area contributed by atoms with Crippen LogP contribution < -0.4 is 5.73 Å². The number of carbonyl (C=O) groups excluding carboxylic acids is 2. The molecule has 0 aliphatic carbocycles. The van der Waals surface area contributed by atoms with Crippen molar-refractivity contribution in [2.45, 2.75) is 13.3 Å². The highest BCUT2D eigenvalue weighted by Crippen LogP contribution is 2.31. The van der Waals surface area contributed by atoms with Crippen LogP contribution in [0.5, 0.6) is 0 Å². The summed E-state index contributed by atoms with van der Waals surface area (Å²) in [5, 5.41) is 0. The van der Waals surface area contributed by atoms with Crippen LogP contribution >= 0.6 is 15.9 Å². The standard InChI is InChI=1S/C13H14BrFN2O2/c1-13(12(16)19)5-6-17(7-13)11(18)10-8(14)3-2-4-9(10)15/h2-4H,5-7H2,1H3,(H2,16,19). The minimum atomic E-state index is -0.729. The average molecular weight is 329 g/mol. The Morgan fingerprint density at radius 3 is 2.68 bits per heavy atom. The zero-order valence-electron chi connectivity index (χ0n) is 10.5. The van der Waals surface area contributed by atoms with Gasteiger partial charge in [-0.2, -0.15) is 0 Å². The number of carbonyl (C=O) groups is 2. The van der Waals surface area contributed by atoms with Crippen molar-refractivity contribution in [3.8, 4) is 0 Å². The molecule has 2 rings (SSSR count). The topological polar surface area (TPSA) is 63.4 Å². The fraction of sp³-hybridized carbons (Fsp3) is 0.385. The molecule has 1 unspecified atom stereocenters. The van der Waals surface area contributed by atoms with E-state index < -0.39 is 23.0 Å². The first-order valence-electron chi connectivity index (χ1n) is 5.88. The number of likely N-dealkylation sites (tertiary alicyclic amines) is 1. The van der Waals surface area contributed by atoms with Crippen molar-refractivity contribution in [1.82, 2.24) is 4.90 Å². The highest BCUT2D eigenvalue weighted by Gasteiger charge is 2.41. The van der Waals surface area contributed by atoms with Crippen LogP contribution in [0.3, 0.4) is 0 Å². The van der Waals surface area contributed by atoms with Crippen LogP contribution in [0.1, 0.15) is 23.7 Å². The molecule has 0 radical (unpaired) electrons. The molecule has 6 heteroatoms. The Hall–Kier alpha value is -1.43. The third-order valence-electron chi connectivity index (χ3n) is 3.53. The third kappa shape index (κ3) is 2.49. The minimum Gasteiger partial charge on any atom is -0.369 e. The van der Waals surface area contributed by atoms with Crippen LogP contribution in [-0.4, -0.2) is 29.8 Å². The second-order valence-electron chi connectivity index (χ2n) is 5.00. The average Bonchev–Trinajstić information content (AvgIpc) is 2.73. The zero-order chi connectivity index (χ0) is 14.2. The molecule has 2 N–H and O–H groups in total. The molecule has 1 saturated heterocycles. The van der Waals surface area contributed by atoms with Crippen LogP contribution in [0.25, 0.3) is 0 Å². The Bertz CT molecular complexity index is 529. The first-order chi connectivity index (χ1) is 8.85. The van der Waals surface area contributed by atoms with Crippen LogP contribution in [-0.2, 0) is 4.79 Å². The molecule has 102 valence electrons. The normalized spacial score (nSPS) is 22.6. The Labute approximate surface area is 118 Å². The molecule has 0 spiro atoms. The summed E-state index contributed by atoms with van der Waals surface area (Å²) in [7, 11) is 0. The fourth-order valence-electron chi connectivity index (χ4n) is 2.20. The summed E-state index contributed by atoms with van der Waals surface area (Å²) in [6.07, 6.45) is 0.500. The van der Waals surface area contributed by atoms with Gasteiger partial charge < -0.3 is 10.6 Å². The van der Waals surface area contributed by atoms with Gasteiger partial charge in [0.05, 0.1) is 11.0 Å². The van der Waals surface area contributed by atoms with Gasteiger partial charge in [-0.15, -0.1) is 0 Å². The number of hydrogen-bond donors (Lipinski definition) is 1. The van der Waals surface area contributed by atoms with Gasteiger partial charge >= 0.3 is 0 Å². The van der Waals surface area contributed by atoms with E-state index in [0.29, 0.717) is 17.4 Å². The van der Waals surface area contributed by atoms with Gasteiger partial charge in [0.1, 0.15) is 5.82 Å². The van der Waals surface area contributed by atoms with Crippen molar-refractivity contribution >= 4 is 27.7 Å². The third-order valence-corrected chi connectivity index (χ3v) is 4.19. The molecular weight excluding hydrogens is 315 g/mol. The Balaban J connectivity index is 2.25. The number of nitrogens with zero attached hydrogens (tertiary/aromatic N) is 1. The van der Waals surface area contributed by atoms with Crippen molar-refractivity contribution in [2.75, 3.05) is 13.1 Å². The van der Waals surface area contributed by atoms with Crippen LogP contribution in [0.4, 0.5) is 4.39 Å². The van der Waals surface area contributed by atoms with Crippen molar-refractivity contribution < 1.29 is 14.0 Å². The summed E-state index contributed by atoms with van der Waals surface area (Å²) >= 11 is 3.17. The van der Waals surface area contributed by atoms with E-state index >= 15 is 0 Å². The van der Waals surface area contributed by atoms with Crippen molar-refractivity contribution in [3.05, 3.63) is 34.1 Å². The summed E-state index contributed by atoms with van der Waals surface area (Å²) in [6.45, 7) is 2.35. The monoisotopic (exact) mass is 328 g/mol. The van der Waals surface area contributed by atoms with E-state index in [2.05, 4.69) is 15.9 Å². The lowest BCUT2D eigenvalue weighted by atomic mass is 9.89. The number of primary amides is 1. The Morgan fingerprint density at radius 1 is 1.47 bits per heavy atom. The van der Waals surface area contributed by atoms with Crippen LogP contribution in [0, 0.1) is 11.2 Å². The zero-order valence-corrected chi connectivity index (χ0v) is 12.0. The van der Waals surface area contributed by atoms with Crippen molar-refractivity contribution in [2.24, 2.45) is 11.1 Å². The molecule has 4 nitrogen and oxygen atoms in total. The molecule has 1 fully saturated rings. The smallest absolute Gasteiger partial charge is 0.258 e. The van der Waals surface area contributed by atoms with E-state index in [4.69, 9.17) is 5.73 Å². The maximum Gasteiger partial charge on any atom is 0.258 e. The molecule has 19 heavy (non-hydrogen) atoms. The molecule has 0 bridgehead atoms. The number of amides is 2. The van der Waals surface area contributed by atoms with Gasteiger partial charge in [-0.3, -0.25) is 9.59 Å². The second kappa shape index (κ2) is 4.92. The summed E-state index contributed by atoms with van der Waals surface area (Å²) in [6, 6.07) is 4.37. The maximum atomic E-state index is 13.7. The van der Waals surface area contributed by atoms with E-state index in [1.165, 1.54) is 17.0 Å². The molecule has 1 aromatic carbocycles. The van der Waals surface area contributed by atoms with Gasteiger partial charge in [0.2, 0.25) is 5.91 Å². The number of hydrogen-bond acceptors (Lipinski definition) is 2. The Morgan fingerprint density at radius 2 is 2.16 bits per heavy atom. The maximum absolute atomic E-state index is 13.7. The quantitative estimate of drug-likeness (QED) is 0.901. The molecule has 1 aromatic rings. The van der Waals surface area contributed by atoms with Gasteiger partial charge in [-0.25, -0.2) is 4.39 Å². The lowest BCUT2D eigenvalue weighted by molar-refractivity contribution is -0.126. The lowest BCUT2D eigenvalue weighted by Gasteiger charge is -2.21. The first-order valence-corrected chi connectivity index (χ1v) is 6.68. The largest absolute Gasteiger partial charge is 0.369 e. The SMILES string of the molecule is CC1(C(N)=O)CCN(C(=O)c2c(F)cccc2Br)C1.